The molecule has 0 spiro atoms. The summed E-state index contributed by atoms with van der Waals surface area (Å²) in [5, 5.41) is 12.7. The van der Waals surface area contributed by atoms with Crippen LogP contribution in [-0.4, -0.2) is 67.5 Å². The van der Waals surface area contributed by atoms with Crippen LogP contribution < -0.4 is 5.32 Å². The van der Waals surface area contributed by atoms with Crippen molar-refractivity contribution in [2.75, 3.05) is 38.1 Å². The second-order valence-electron chi connectivity index (χ2n) is 6.72. The zero-order chi connectivity index (χ0) is 21.6. The number of phenolic OH excluding ortho intramolecular Hbond substituents is 1. The van der Waals surface area contributed by atoms with E-state index in [9.17, 15) is 23.1 Å². The fourth-order valence-electron chi connectivity index (χ4n) is 3.26. The van der Waals surface area contributed by atoms with Gasteiger partial charge in [-0.2, -0.15) is 4.31 Å². The average molecular weight is 428 g/mol. The molecule has 9 nitrogen and oxygen atoms in total. The topological polar surface area (TPSA) is 116 Å². The zero-order valence-corrected chi connectivity index (χ0v) is 17.9. The molecule has 0 unspecified atom stereocenters. The lowest BCUT2D eigenvalue weighted by Gasteiger charge is -2.30. The maximum absolute atomic E-state index is 12.7. The smallest absolute Gasteiger partial charge is 0.409 e. The molecule has 1 aromatic carbocycles. The Morgan fingerprint density at radius 3 is 2.38 bits per heavy atom. The van der Waals surface area contributed by atoms with Crippen LogP contribution in [0.25, 0.3) is 0 Å². The summed E-state index contributed by atoms with van der Waals surface area (Å²) in [6.07, 6.45) is 0.532. The molecule has 1 fully saturated rings. The Morgan fingerprint density at radius 1 is 1.21 bits per heavy atom. The number of benzene rings is 1. The lowest BCUT2D eigenvalue weighted by Crippen LogP contribution is -2.41. The highest BCUT2D eigenvalue weighted by atomic mass is 32.2. The standard InChI is InChI=1S/C19H29N3O6S/c1-4-22(5-2)29(26,27)15-7-8-17(23)16(13-15)20-18(24)14-9-11-21(12-10-14)19(25)28-6-3/h7-8,13-14,23H,4-6,9-12H2,1-3H3,(H,20,24). The van der Waals surface area contributed by atoms with Crippen molar-refractivity contribution in [1.29, 1.82) is 0 Å². The van der Waals surface area contributed by atoms with Crippen molar-refractivity contribution >= 4 is 27.7 Å². The first-order valence-electron chi connectivity index (χ1n) is 9.80. The van der Waals surface area contributed by atoms with Gasteiger partial charge >= 0.3 is 6.09 Å². The minimum atomic E-state index is -3.71. The highest BCUT2D eigenvalue weighted by Gasteiger charge is 2.29. The maximum atomic E-state index is 12.7. The molecule has 1 aromatic rings. The predicted molar refractivity (Wildman–Crippen MR) is 108 cm³/mol. The van der Waals surface area contributed by atoms with E-state index in [0.717, 1.165) is 0 Å². The number of likely N-dealkylation sites (tertiary alicyclic amines) is 1. The van der Waals surface area contributed by atoms with Crippen molar-refractivity contribution in [3.63, 3.8) is 0 Å². The molecule has 10 heteroatoms. The van der Waals surface area contributed by atoms with Gasteiger partial charge in [0.25, 0.3) is 0 Å². The van der Waals surface area contributed by atoms with Gasteiger partial charge in [0, 0.05) is 32.1 Å². The van der Waals surface area contributed by atoms with Gasteiger partial charge in [-0.05, 0) is 38.0 Å². The maximum Gasteiger partial charge on any atom is 0.409 e. The molecule has 0 saturated carbocycles. The van der Waals surface area contributed by atoms with E-state index in [1.807, 2.05) is 0 Å². The number of sulfonamides is 1. The first-order chi connectivity index (χ1) is 13.7. The molecular weight excluding hydrogens is 398 g/mol. The number of carbonyl (C=O) groups is 2. The van der Waals surface area contributed by atoms with Crippen LogP contribution in [0.1, 0.15) is 33.6 Å². The van der Waals surface area contributed by atoms with E-state index >= 15 is 0 Å². The Morgan fingerprint density at radius 2 is 1.83 bits per heavy atom. The summed E-state index contributed by atoms with van der Waals surface area (Å²) >= 11 is 0. The van der Waals surface area contributed by atoms with Gasteiger partial charge in [-0.3, -0.25) is 4.79 Å². The quantitative estimate of drug-likeness (QED) is 0.645. The Balaban J connectivity index is 2.09. The minimum absolute atomic E-state index is 0.00595. The average Bonchev–Trinajstić information content (AvgIpc) is 2.70. The molecule has 2 amide bonds. The molecule has 29 heavy (non-hydrogen) atoms. The summed E-state index contributed by atoms with van der Waals surface area (Å²) in [6.45, 7) is 6.96. The Kier molecular flexibility index (Phi) is 7.86. The van der Waals surface area contributed by atoms with Crippen LogP contribution in [0.15, 0.2) is 23.1 Å². The van der Waals surface area contributed by atoms with Crippen LogP contribution in [0.5, 0.6) is 5.75 Å². The number of aromatic hydroxyl groups is 1. The van der Waals surface area contributed by atoms with E-state index in [4.69, 9.17) is 4.74 Å². The molecular formula is C19H29N3O6S. The number of hydrogen-bond donors (Lipinski definition) is 2. The summed E-state index contributed by atoms with van der Waals surface area (Å²) in [7, 11) is -3.71. The highest BCUT2D eigenvalue weighted by molar-refractivity contribution is 7.89. The summed E-state index contributed by atoms with van der Waals surface area (Å²) in [5.74, 6) is -0.870. The number of anilines is 1. The molecule has 162 valence electrons. The Bertz CT molecular complexity index is 830. The minimum Gasteiger partial charge on any atom is -0.506 e. The lowest BCUT2D eigenvalue weighted by molar-refractivity contribution is -0.121. The van der Waals surface area contributed by atoms with E-state index in [1.54, 1.807) is 25.7 Å². The molecule has 0 bridgehead atoms. The molecule has 0 radical (unpaired) electrons. The van der Waals surface area contributed by atoms with Gasteiger partial charge in [0.2, 0.25) is 15.9 Å². The monoisotopic (exact) mass is 427 g/mol. The van der Waals surface area contributed by atoms with E-state index in [0.29, 0.717) is 45.6 Å². The third-order valence-electron chi connectivity index (χ3n) is 4.96. The molecule has 1 aliphatic heterocycles. The molecule has 2 N–H and O–H groups in total. The molecule has 0 aliphatic carbocycles. The summed E-state index contributed by atoms with van der Waals surface area (Å²) < 4.78 is 31.6. The predicted octanol–water partition coefficient (Wildman–Crippen LogP) is 2.23. The van der Waals surface area contributed by atoms with Gasteiger partial charge in [-0.1, -0.05) is 13.8 Å². The third kappa shape index (κ3) is 5.39. The second-order valence-corrected chi connectivity index (χ2v) is 8.66. The largest absolute Gasteiger partial charge is 0.506 e. The number of phenols is 1. The normalized spacial score (nSPS) is 15.4. The number of rotatable bonds is 7. The van der Waals surface area contributed by atoms with Crippen LogP contribution in [0.2, 0.25) is 0 Å². The van der Waals surface area contributed by atoms with Crippen LogP contribution in [0.4, 0.5) is 10.5 Å². The van der Waals surface area contributed by atoms with Crippen LogP contribution >= 0.6 is 0 Å². The second kappa shape index (κ2) is 9.93. The van der Waals surface area contributed by atoms with E-state index in [-0.39, 0.29) is 28.2 Å². The third-order valence-corrected chi connectivity index (χ3v) is 7.01. The summed E-state index contributed by atoms with van der Waals surface area (Å²) in [6, 6.07) is 3.85. The number of ether oxygens (including phenoxy) is 1. The lowest BCUT2D eigenvalue weighted by atomic mass is 9.96. The van der Waals surface area contributed by atoms with Gasteiger partial charge < -0.3 is 20.1 Å². The Labute approximate surface area is 171 Å². The zero-order valence-electron chi connectivity index (χ0n) is 17.1. The van der Waals surface area contributed by atoms with Gasteiger partial charge in [-0.15, -0.1) is 0 Å². The molecule has 1 saturated heterocycles. The van der Waals surface area contributed by atoms with E-state index in [2.05, 4.69) is 5.32 Å². The van der Waals surface area contributed by atoms with Crippen molar-refractivity contribution in [2.24, 2.45) is 5.92 Å². The van der Waals surface area contributed by atoms with Crippen molar-refractivity contribution in [1.82, 2.24) is 9.21 Å². The van der Waals surface area contributed by atoms with Gasteiger partial charge in [0.15, 0.2) is 0 Å². The number of piperidine rings is 1. The number of carbonyl (C=O) groups excluding carboxylic acids is 2. The SMILES string of the molecule is CCOC(=O)N1CCC(C(=O)Nc2cc(S(=O)(=O)N(CC)CC)ccc2O)CC1. The molecule has 0 aromatic heterocycles. The molecule has 0 atom stereocenters. The van der Waals surface area contributed by atoms with Crippen LogP contribution in [-0.2, 0) is 19.6 Å². The number of nitrogens with one attached hydrogen (secondary N) is 1. The van der Waals surface area contributed by atoms with E-state index in [1.165, 1.54) is 22.5 Å². The molecule has 1 aliphatic rings. The fourth-order valence-corrected chi connectivity index (χ4v) is 4.75. The number of nitrogens with zero attached hydrogens (tertiary/aromatic N) is 2. The van der Waals surface area contributed by atoms with Gasteiger partial charge in [-0.25, -0.2) is 13.2 Å². The van der Waals surface area contributed by atoms with Crippen molar-refractivity contribution in [3.8, 4) is 5.75 Å². The first-order valence-corrected chi connectivity index (χ1v) is 11.2. The summed E-state index contributed by atoms with van der Waals surface area (Å²) in [5.41, 5.74) is 0.0519. The van der Waals surface area contributed by atoms with Crippen molar-refractivity contribution < 1.29 is 27.9 Å². The van der Waals surface area contributed by atoms with Gasteiger partial charge in [0.1, 0.15) is 5.75 Å². The van der Waals surface area contributed by atoms with Crippen LogP contribution in [0, 0.1) is 5.92 Å². The Hall–Kier alpha value is -2.33. The van der Waals surface area contributed by atoms with E-state index < -0.39 is 16.1 Å². The van der Waals surface area contributed by atoms with Crippen LogP contribution in [0.3, 0.4) is 0 Å². The summed E-state index contributed by atoms with van der Waals surface area (Å²) in [4.78, 5) is 25.9. The molecule has 1 heterocycles. The first kappa shape index (κ1) is 23.0. The number of hydrogen-bond acceptors (Lipinski definition) is 6. The van der Waals surface area contributed by atoms with Crippen molar-refractivity contribution in [2.45, 2.75) is 38.5 Å². The van der Waals surface area contributed by atoms with Crippen molar-refractivity contribution in [3.05, 3.63) is 18.2 Å². The highest BCUT2D eigenvalue weighted by Crippen LogP contribution is 2.29. The van der Waals surface area contributed by atoms with Gasteiger partial charge in [0.05, 0.1) is 17.2 Å². The number of amides is 2. The fraction of sp³-hybridized carbons (Fsp3) is 0.579. The molecule has 2 rings (SSSR count).